The third-order valence-corrected chi connectivity index (χ3v) is 2.84. The van der Waals surface area contributed by atoms with E-state index in [1.54, 1.807) is 32.9 Å². The molecule has 1 aromatic rings. The molecule has 0 saturated heterocycles. The van der Waals surface area contributed by atoms with Gasteiger partial charge in [0.15, 0.2) is 0 Å². The molecule has 106 valence electrons. The van der Waals surface area contributed by atoms with Crippen molar-refractivity contribution < 1.29 is 19.0 Å². The quantitative estimate of drug-likeness (QED) is 0.624. The number of esters is 1. The van der Waals surface area contributed by atoms with Crippen molar-refractivity contribution in [1.29, 1.82) is 0 Å². The fourth-order valence-electron chi connectivity index (χ4n) is 1.77. The maximum atomic E-state index is 11.6. The Kier molecular flexibility index (Phi) is 4.08. The lowest BCUT2D eigenvalue weighted by atomic mass is 10.1. The second-order valence-electron chi connectivity index (χ2n) is 4.45. The molecule has 20 heavy (non-hydrogen) atoms. The highest BCUT2D eigenvalue weighted by Gasteiger charge is 2.33. The van der Waals surface area contributed by atoms with Crippen LogP contribution < -0.4 is 0 Å². The van der Waals surface area contributed by atoms with Gasteiger partial charge in [0.2, 0.25) is 0 Å². The molecule has 0 amide bonds. The van der Waals surface area contributed by atoms with E-state index in [4.69, 9.17) is 14.2 Å². The lowest BCUT2D eigenvalue weighted by Gasteiger charge is -2.22. The number of nitrogens with zero attached hydrogens (tertiary/aromatic N) is 1. The standard InChI is InChI=1S/C15H17NO4/c1-4-18-14(17)11(2)10-12-6-5-7-13(16-12)15(3)19-8-9-20-15/h5-10H,4H2,1-3H3. The predicted octanol–water partition coefficient (Wildman–Crippen LogP) is 2.74. The number of hydrogen-bond donors (Lipinski definition) is 0. The maximum Gasteiger partial charge on any atom is 0.333 e. The van der Waals surface area contributed by atoms with E-state index in [1.165, 1.54) is 12.5 Å². The maximum absolute atomic E-state index is 11.6. The smallest absolute Gasteiger partial charge is 0.333 e. The van der Waals surface area contributed by atoms with Crippen LogP contribution in [-0.2, 0) is 24.8 Å². The average Bonchev–Trinajstić information content (AvgIpc) is 2.87. The first-order valence-electron chi connectivity index (χ1n) is 6.39. The minimum atomic E-state index is -0.915. The zero-order chi connectivity index (χ0) is 14.6. The van der Waals surface area contributed by atoms with E-state index in [1.807, 2.05) is 12.1 Å². The van der Waals surface area contributed by atoms with Crippen LogP contribution in [0.3, 0.4) is 0 Å². The Balaban J connectivity index is 2.22. The topological polar surface area (TPSA) is 57.7 Å². The number of pyridine rings is 1. The van der Waals surface area contributed by atoms with Gasteiger partial charge < -0.3 is 14.2 Å². The molecular weight excluding hydrogens is 258 g/mol. The van der Waals surface area contributed by atoms with Gasteiger partial charge in [0, 0.05) is 12.5 Å². The third-order valence-electron chi connectivity index (χ3n) is 2.84. The van der Waals surface area contributed by atoms with Gasteiger partial charge in [0.05, 0.1) is 12.3 Å². The molecule has 2 rings (SSSR count). The molecule has 5 nitrogen and oxygen atoms in total. The van der Waals surface area contributed by atoms with Gasteiger partial charge in [0.1, 0.15) is 18.2 Å². The van der Waals surface area contributed by atoms with Crippen LogP contribution in [0.2, 0.25) is 0 Å². The summed E-state index contributed by atoms with van der Waals surface area (Å²) in [6.07, 6.45) is 4.63. The monoisotopic (exact) mass is 275 g/mol. The van der Waals surface area contributed by atoms with Crippen LogP contribution in [0.5, 0.6) is 0 Å². The van der Waals surface area contributed by atoms with E-state index in [0.29, 0.717) is 23.6 Å². The van der Waals surface area contributed by atoms with Crippen LogP contribution in [0.1, 0.15) is 32.2 Å². The molecular formula is C15H17NO4. The molecule has 0 spiro atoms. The average molecular weight is 275 g/mol. The van der Waals surface area contributed by atoms with E-state index in [9.17, 15) is 4.79 Å². The summed E-state index contributed by atoms with van der Waals surface area (Å²) in [4.78, 5) is 16.0. The second-order valence-corrected chi connectivity index (χ2v) is 4.45. The first-order chi connectivity index (χ1) is 9.55. The predicted molar refractivity (Wildman–Crippen MR) is 73.2 cm³/mol. The molecule has 0 atom stereocenters. The van der Waals surface area contributed by atoms with E-state index < -0.39 is 5.79 Å². The fourth-order valence-corrected chi connectivity index (χ4v) is 1.77. The van der Waals surface area contributed by atoms with Gasteiger partial charge in [0.25, 0.3) is 5.79 Å². The van der Waals surface area contributed by atoms with Crippen molar-refractivity contribution in [3.63, 3.8) is 0 Å². The number of carbonyl (C=O) groups is 1. The van der Waals surface area contributed by atoms with Crippen molar-refractivity contribution in [2.75, 3.05) is 6.61 Å². The summed E-state index contributed by atoms with van der Waals surface area (Å²) in [5, 5.41) is 0. The Hall–Kier alpha value is -2.30. The Morgan fingerprint density at radius 3 is 2.75 bits per heavy atom. The molecule has 0 aromatic carbocycles. The highest BCUT2D eigenvalue weighted by atomic mass is 16.7. The summed E-state index contributed by atoms with van der Waals surface area (Å²) >= 11 is 0. The molecule has 0 radical (unpaired) electrons. The molecule has 0 fully saturated rings. The van der Waals surface area contributed by atoms with Crippen molar-refractivity contribution in [2.45, 2.75) is 26.6 Å². The van der Waals surface area contributed by atoms with Gasteiger partial charge in [-0.15, -0.1) is 0 Å². The van der Waals surface area contributed by atoms with E-state index in [2.05, 4.69) is 4.98 Å². The SMILES string of the molecule is CCOC(=O)C(C)=Cc1cccc(C2(C)OC=CO2)n1. The Morgan fingerprint density at radius 2 is 2.10 bits per heavy atom. The zero-order valence-corrected chi connectivity index (χ0v) is 11.8. The molecule has 0 unspecified atom stereocenters. The lowest BCUT2D eigenvalue weighted by Crippen LogP contribution is -2.23. The number of aromatic nitrogens is 1. The highest BCUT2D eigenvalue weighted by Crippen LogP contribution is 2.30. The van der Waals surface area contributed by atoms with Gasteiger partial charge in [-0.25, -0.2) is 9.78 Å². The van der Waals surface area contributed by atoms with Crippen molar-refractivity contribution in [3.8, 4) is 0 Å². The number of carbonyl (C=O) groups excluding carboxylic acids is 1. The summed E-state index contributed by atoms with van der Waals surface area (Å²) in [5.41, 5.74) is 1.77. The molecule has 0 aliphatic carbocycles. The Morgan fingerprint density at radius 1 is 1.40 bits per heavy atom. The molecule has 5 heteroatoms. The Labute approximate surface area is 117 Å². The minimum absolute atomic E-state index is 0.346. The Bertz CT molecular complexity index is 555. The van der Waals surface area contributed by atoms with E-state index >= 15 is 0 Å². The molecule has 0 N–H and O–H groups in total. The van der Waals surface area contributed by atoms with Gasteiger partial charge in [-0.3, -0.25) is 0 Å². The van der Waals surface area contributed by atoms with Crippen molar-refractivity contribution in [3.05, 3.63) is 47.7 Å². The minimum Gasteiger partial charge on any atom is -0.463 e. The lowest BCUT2D eigenvalue weighted by molar-refractivity contribution is -0.138. The largest absolute Gasteiger partial charge is 0.463 e. The molecule has 0 saturated carbocycles. The van der Waals surface area contributed by atoms with Gasteiger partial charge in [-0.2, -0.15) is 0 Å². The molecule has 1 aromatic heterocycles. The van der Waals surface area contributed by atoms with Gasteiger partial charge in [-0.1, -0.05) is 6.07 Å². The van der Waals surface area contributed by atoms with Crippen LogP contribution in [-0.4, -0.2) is 17.6 Å². The normalized spacial score (nSPS) is 16.4. The van der Waals surface area contributed by atoms with Crippen LogP contribution in [0.25, 0.3) is 6.08 Å². The van der Waals surface area contributed by atoms with Crippen molar-refractivity contribution in [1.82, 2.24) is 4.98 Å². The first-order valence-corrected chi connectivity index (χ1v) is 6.39. The molecule has 0 bridgehead atoms. The summed E-state index contributed by atoms with van der Waals surface area (Å²) in [6, 6.07) is 5.45. The van der Waals surface area contributed by atoms with Crippen molar-refractivity contribution in [2.24, 2.45) is 0 Å². The van der Waals surface area contributed by atoms with Crippen LogP contribution >= 0.6 is 0 Å². The van der Waals surface area contributed by atoms with Crippen LogP contribution in [0, 0.1) is 0 Å². The molecule has 1 aliphatic heterocycles. The van der Waals surface area contributed by atoms with E-state index in [-0.39, 0.29) is 5.97 Å². The third kappa shape index (κ3) is 2.99. The zero-order valence-electron chi connectivity index (χ0n) is 11.8. The second kappa shape index (κ2) is 5.77. The first kappa shape index (κ1) is 14.1. The summed E-state index contributed by atoms with van der Waals surface area (Å²) in [6.45, 7) is 5.59. The summed E-state index contributed by atoms with van der Waals surface area (Å²) < 4.78 is 15.7. The van der Waals surface area contributed by atoms with E-state index in [0.717, 1.165) is 0 Å². The fraction of sp³-hybridized carbons (Fsp3) is 0.333. The highest BCUT2D eigenvalue weighted by molar-refractivity contribution is 5.92. The summed E-state index contributed by atoms with van der Waals surface area (Å²) in [7, 11) is 0. The molecule has 1 aliphatic rings. The molecule has 2 heterocycles. The van der Waals surface area contributed by atoms with Gasteiger partial charge >= 0.3 is 5.97 Å². The van der Waals surface area contributed by atoms with Gasteiger partial charge in [-0.05, 0) is 32.1 Å². The number of ether oxygens (including phenoxy) is 3. The summed E-state index contributed by atoms with van der Waals surface area (Å²) in [5.74, 6) is -1.26. The van der Waals surface area contributed by atoms with Crippen LogP contribution in [0.15, 0.2) is 36.3 Å². The van der Waals surface area contributed by atoms with Crippen molar-refractivity contribution >= 4 is 12.0 Å². The van der Waals surface area contributed by atoms with Crippen LogP contribution in [0.4, 0.5) is 0 Å². The number of hydrogen-bond acceptors (Lipinski definition) is 5. The number of rotatable bonds is 4.